The quantitative estimate of drug-likeness (QED) is 0.721. The standard InChI is InChI=1S/C15H14Cl2N6/c16-10-2-1-3-11(8-10)22-4-6-23(7-5-22)14-12-13(19-9-18-12)20-15(17)21-14/h1-3,8-9H,4-7H2,(H,18,19,20,21). The summed E-state index contributed by atoms with van der Waals surface area (Å²) in [5.41, 5.74) is 2.56. The fourth-order valence-electron chi connectivity index (χ4n) is 2.86. The smallest absolute Gasteiger partial charge is 0.226 e. The Kier molecular flexibility index (Phi) is 3.71. The van der Waals surface area contributed by atoms with Crippen molar-refractivity contribution in [3.05, 3.63) is 40.9 Å². The molecule has 4 rings (SSSR count). The molecule has 118 valence electrons. The number of rotatable bonds is 2. The van der Waals surface area contributed by atoms with Crippen LogP contribution in [0.2, 0.25) is 10.3 Å². The second kappa shape index (κ2) is 5.86. The van der Waals surface area contributed by atoms with Crippen LogP contribution in [-0.2, 0) is 0 Å². The summed E-state index contributed by atoms with van der Waals surface area (Å²) in [5, 5.41) is 0.986. The SMILES string of the molecule is Clc1cccc(N2CCN(c3nc(Cl)nc4[nH]cnc34)CC2)c1. The Morgan fingerprint density at radius 3 is 2.57 bits per heavy atom. The highest BCUT2D eigenvalue weighted by Crippen LogP contribution is 2.26. The van der Waals surface area contributed by atoms with Crippen LogP contribution in [0.5, 0.6) is 0 Å². The Hall–Kier alpha value is -2.05. The van der Waals surface area contributed by atoms with E-state index >= 15 is 0 Å². The third kappa shape index (κ3) is 2.80. The molecule has 0 aliphatic carbocycles. The predicted molar refractivity (Wildman–Crippen MR) is 92.6 cm³/mol. The Balaban J connectivity index is 1.56. The second-order valence-corrected chi connectivity index (χ2v) is 6.14. The van der Waals surface area contributed by atoms with Gasteiger partial charge in [-0.25, -0.2) is 4.98 Å². The first-order valence-corrected chi connectivity index (χ1v) is 8.08. The molecule has 3 aromatic rings. The molecule has 0 atom stereocenters. The third-order valence-electron chi connectivity index (χ3n) is 3.99. The molecule has 1 aliphatic heterocycles. The zero-order valence-electron chi connectivity index (χ0n) is 12.2. The first kappa shape index (κ1) is 14.5. The number of hydrogen-bond acceptors (Lipinski definition) is 5. The molecule has 0 radical (unpaired) electrons. The van der Waals surface area contributed by atoms with E-state index in [-0.39, 0.29) is 5.28 Å². The van der Waals surface area contributed by atoms with Gasteiger partial charge >= 0.3 is 0 Å². The number of aromatic amines is 1. The Labute approximate surface area is 143 Å². The van der Waals surface area contributed by atoms with E-state index in [2.05, 4.69) is 35.8 Å². The van der Waals surface area contributed by atoms with Gasteiger partial charge in [-0.3, -0.25) is 0 Å². The monoisotopic (exact) mass is 348 g/mol. The number of nitrogens with one attached hydrogen (secondary N) is 1. The summed E-state index contributed by atoms with van der Waals surface area (Å²) in [4.78, 5) is 20.3. The molecule has 23 heavy (non-hydrogen) atoms. The average Bonchev–Trinajstić information content (AvgIpc) is 3.02. The van der Waals surface area contributed by atoms with Gasteiger partial charge in [0.25, 0.3) is 0 Å². The number of aromatic nitrogens is 4. The van der Waals surface area contributed by atoms with Crippen LogP contribution in [0.25, 0.3) is 11.2 Å². The number of fused-ring (bicyclic) bond motifs is 1. The molecule has 1 saturated heterocycles. The van der Waals surface area contributed by atoms with Gasteiger partial charge in [-0.15, -0.1) is 0 Å². The summed E-state index contributed by atoms with van der Waals surface area (Å²) in [6, 6.07) is 7.93. The van der Waals surface area contributed by atoms with Crippen LogP contribution < -0.4 is 9.80 Å². The van der Waals surface area contributed by atoms with Crippen molar-refractivity contribution < 1.29 is 0 Å². The molecule has 0 unspecified atom stereocenters. The van der Waals surface area contributed by atoms with Crippen molar-refractivity contribution in [2.75, 3.05) is 36.0 Å². The van der Waals surface area contributed by atoms with E-state index in [9.17, 15) is 0 Å². The summed E-state index contributed by atoms with van der Waals surface area (Å²) < 4.78 is 0. The third-order valence-corrected chi connectivity index (χ3v) is 4.39. The van der Waals surface area contributed by atoms with Crippen molar-refractivity contribution in [3.63, 3.8) is 0 Å². The van der Waals surface area contributed by atoms with E-state index in [1.165, 1.54) is 0 Å². The molecule has 0 spiro atoms. The van der Waals surface area contributed by atoms with Crippen LogP contribution in [-0.4, -0.2) is 46.1 Å². The van der Waals surface area contributed by atoms with Gasteiger partial charge in [0.15, 0.2) is 17.0 Å². The average molecular weight is 349 g/mol. The van der Waals surface area contributed by atoms with Gasteiger partial charge in [0.2, 0.25) is 5.28 Å². The second-order valence-electron chi connectivity index (χ2n) is 5.37. The largest absolute Gasteiger partial charge is 0.368 e. The van der Waals surface area contributed by atoms with Crippen molar-refractivity contribution in [1.29, 1.82) is 0 Å². The minimum absolute atomic E-state index is 0.231. The molecule has 3 heterocycles. The zero-order chi connectivity index (χ0) is 15.8. The summed E-state index contributed by atoms with van der Waals surface area (Å²) in [6.07, 6.45) is 1.61. The van der Waals surface area contributed by atoms with Crippen LogP contribution >= 0.6 is 23.2 Å². The van der Waals surface area contributed by atoms with Crippen LogP contribution in [0.3, 0.4) is 0 Å². The van der Waals surface area contributed by atoms with E-state index in [1.807, 2.05) is 18.2 Å². The summed E-state index contributed by atoms with van der Waals surface area (Å²) in [6.45, 7) is 3.44. The minimum Gasteiger partial charge on any atom is -0.368 e. The van der Waals surface area contributed by atoms with Crippen molar-refractivity contribution in [2.45, 2.75) is 0 Å². The first-order valence-electron chi connectivity index (χ1n) is 7.33. The zero-order valence-corrected chi connectivity index (χ0v) is 13.7. The van der Waals surface area contributed by atoms with Crippen molar-refractivity contribution in [1.82, 2.24) is 19.9 Å². The highest BCUT2D eigenvalue weighted by Gasteiger charge is 2.22. The molecule has 1 N–H and O–H groups in total. The molecular formula is C15H14Cl2N6. The number of nitrogens with zero attached hydrogens (tertiary/aromatic N) is 5. The van der Waals surface area contributed by atoms with Crippen LogP contribution in [0.4, 0.5) is 11.5 Å². The topological polar surface area (TPSA) is 60.9 Å². The number of piperazine rings is 1. The number of hydrogen-bond donors (Lipinski definition) is 1. The number of benzene rings is 1. The lowest BCUT2D eigenvalue weighted by Gasteiger charge is -2.36. The van der Waals surface area contributed by atoms with E-state index in [0.717, 1.165) is 48.2 Å². The van der Waals surface area contributed by atoms with Gasteiger partial charge < -0.3 is 14.8 Å². The molecule has 2 aromatic heterocycles. The summed E-state index contributed by atoms with van der Waals surface area (Å²) in [5.74, 6) is 0.784. The molecule has 1 fully saturated rings. The maximum atomic E-state index is 6.08. The number of halogens is 2. The fourth-order valence-corrected chi connectivity index (χ4v) is 3.21. The summed E-state index contributed by atoms with van der Waals surface area (Å²) in [7, 11) is 0. The molecule has 1 aromatic carbocycles. The molecule has 6 nitrogen and oxygen atoms in total. The molecule has 0 amide bonds. The van der Waals surface area contributed by atoms with Gasteiger partial charge in [0.05, 0.1) is 6.33 Å². The molecule has 0 bridgehead atoms. The van der Waals surface area contributed by atoms with E-state index in [4.69, 9.17) is 23.2 Å². The lowest BCUT2D eigenvalue weighted by molar-refractivity contribution is 0.648. The number of imidazole rings is 1. The first-order chi connectivity index (χ1) is 11.2. The van der Waals surface area contributed by atoms with E-state index < -0.39 is 0 Å². The van der Waals surface area contributed by atoms with Crippen LogP contribution in [0.1, 0.15) is 0 Å². The Morgan fingerprint density at radius 1 is 1.00 bits per heavy atom. The van der Waals surface area contributed by atoms with Crippen molar-refractivity contribution in [2.24, 2.45) is 0 Å². The summed E-state index contributed by atoms with van der Waals surface area (Å²) >= 11 is 12.1. The predicted octanol–water partition coefficient (Wildman–Crippen LogP) is 2.99. The van der Waals surface area contributed by atoms with E-state index in [0.29, 0.717) is 5.65 Å². The number of H-pyrrole nitrogens is 1. The molecule has 8 heteroatoms. The van der Waals surface area contributed by atoms with Gasteiger partial charge in [-0.05, 0) is 29.8 Å². The van der Waals surface area contributed by atoms with Crippen molar-refractivity contribution >= 4 is 45.9 Å². The Bertz CT molecular complexity index is 841. The van der Waals surface area contributed by atoms with E-state index in [1.54, 1.807) is 6.33 Å². The van der Waals surface area contributed by atoms with Gasteiger partial charge in [0.1, 0.15) is 0 Å². The molecule has 0 saturated carbocycles. The van der Waals surface area contributed by atoms with Crippen LogP contribution in [0, 0.1) is 0 Å². The van der Waals surface area contributed by atoms with Gasteiger partial charge in [0, 0.05) is 36.9 Å². The normalized spacial score (nSPS) is 15.4. The Morgan fingerprint density at radius 2 is 1.78 bits per heavy atom. The van der Waals surface area contributed by atoms with Crippen LogP contribution in [0.15, 0.2) is 30.6 Å². The maximum Gasteiger partial charge on any atom is 0.226 e. The lowest BCUT2D eigenvalue weighted by Crippen LogP contribution is -2.47. The molecular weight excluding hydrogens is 335 g/mol. The molecule has 1 aliphatic rings. The van der Waals surface area contributed by atoms with Gasteiger partial charge in [-0.2, -0.15) is 9.97 Å². The van der Waals surface area contributed by atoms with Crippen molar-refractivity contribution in [3.8, 4) is 0 Å². The van der Waals surface area contributed by atoms with Gasteiger partial charge in [-0.1, -0.05) is 17.7 Å². The lowest BCUT2D eigenvalue weighted by atomic mass is 10.2. The minimum atomic E-state index is 0.231. The maximum absolute atomic E-state index is 6.08. The fraction of sp³-hybridized carbons (Fsp3) is 0.267. The highest BCUT2D eigenvalue weighted by molar-refractivity contribution is 6.30. The number of anilines is 2. The highest BCUT2D eigenvalue weighted by atomic mass is 35.5.